The second kappa shape index (κ2) is 8.08. The van der Waals surface area contributed by atoms with Crippen LogP contribution in [0.4, 0.5) is 5.69 Å². The Bertz CT molecular complexity index is 1110. The number of carbonyl (C=O) groups is 2. The molecule has 5 rings (SSSR count). The summed E-state index contributed by atoms with van der Waals surface area (Å²) in [7, 11) is 0. The smallest absolute Gasteiger partial charge is 0.228 e. The first-order valence-electron chi connectivity index (χ1n) is 11.0. The number of piperidine rings is 1. The van der Waals surface area contributed by atoms with E-state index in [1.165, 1.54) is 9.71 Å². The molecule has 0 saturated carbocycles. The topological polar surface area (TPSA) is 53.5 Å². The van der Waals surface area contributed by atoms with Crippen molar-refractivity contribution >= 4 is 39.1 Å². The van der Waals surface area contributed by atoms with Crippen LogP contribution in [0.25, 0.3) is 10.2 Å². The first kappa shape index (κ1) is 20.2. The third-order valence-corrected chi connectivity index (χ3v) is 8.01. The summed E-state index contributed by atoms with van der Waals surface area (Å²) in [5, 5.41) is 1.19. The number of aryl methyl sites for hydroxylation is 1. The van der Waals surface area contributed by atoms with E-state index >= 15 is 0 Å². The van der Waals surface area contributed by atoms with Crippen LogP contribution in [0.1, 0.15) is 41.3 Å². The molecule has 31 heavy (non-hydrogen) atoms. The van der Waals surface area contributed by atoms with Gasteiger partial charge in [0.25, 0.3) is 0 Å². The van der Waals surface area contributed by atoms with Crippen LogP contribution in [0.15, 0.2) is 42.5 Å². The van der Waals surface area contributed by atoms with Gasteiger partial charge in [0.1, 0.15) is 0 Å². The number of para-hydroxylation sites is 1. The first-order chi connectivity index (χ1) is 15.0. The standard InChI is InChI=1S/C25H27N3O2S/c1-16-6-5-8-21(17(16)2)28-15-19(14-23(28)29)25(30)27-12-10-18(11-13-27)24-26-20-7-3-4-9-22(20)31-24/h3-9,18-19H,10-15H2,1-2H3. The van der Waals surface area contributed by atoms with Gasteiger partial charge in [-0.1, -0.05) is 24.3 Å². The minimum absolute atomic E-state index is 0.0522. The molecule has 1 atom stereocenters. The minimum atomic E-state index is -0.244. The molecule has 1 unspecified atom stereocenters. The molecule has 0 N–H and O–H groups in total. The summed E-state index contributed by atoms with van der Waals surface area (Å²) in [6, 6.07) is 14.3. The van der Waals surface area contributed by atoms with Gasteiger partial charge in [0.2, 0.25) is 11.8 Å². The molecular formula is C25H27N3O2S. The SMILES string of the molecule is Cc1cccc(N2CC(C(=O)N3CCC(c4nc5ccccc5s4)CC3)CC2=O)c1C. The highest BCUT2D eigenvalue weighted by Crippen LogP contribution is 2.35. The quantitative estimate of drug-likeness (QED) is 0.603. The number of anilines is 1. The lowest BCUT2D eigenvalue weighted by Gasteiger charge is -2.32. The van der Waals surface area contributed by atoms with Gasteiger partial charge in [-0.05, 0) is 56.0 Å². The van der Waals surface area contributed by atoms with Crippen LogP contribution in [-0.2, 0) is 9.59 Å². The van der Waals surface area contributed by atoms with E-state index in [1.54, 1.807) is 16.2 Å². The highest BCUT2D eigenvalue weighted by atomic mass is 32.1. The molecule has 2 saturated heterocycles. The Morgan fingerprint density at radius 1 is 1.06 bits per heavy atom. The molecule has 2 aromatic carbocycles. The predicted octanol–water partition coefficient (Wildman–Crippen LogP) is 4.67. The number of fused-ring (bicyclic) bond motifs is 1. The van der Waals surface area contributed by atoms with Gasteiger partial charge in [-0.3, -0.25) is 9.59 Å². The van der Waals surface area contributed by atoms with Gasteiger partial charge in [0.05, 0.1) is 21.1 Å². The molecule has 0 aliphatic carbocycles. The lowest BCUT2D eigenvalue weighted by Crippen LogP contribution is -2.42. The zero-order chi connectivity index (χ0) is 21.5. The maximum atomic E-state index is 13.2. The number of hydrogen-bond acceptors (Lipinski definition) is 4. The maximum absolute atomic E-state index is 13.2. The molecule has 0 bridgehead atoms. The summed E-state index contributed by atoms with van der Waals surface area (Å²) >= 11 is 1.77. The van der Waals surface area contributed by atoms with E-state index < -0.39 is 0 Å². The van der Waals surface area contributed by atoms with Crippen LogP contribution in [-0.4, -0.2) is 41.3 Å². The molecule has 2 fully saturated rings. The zero-order valence-corrected chi connectivity index (χ0v) is 18.8. The van der Waals surface area contributed by atoms with E-state index in [-0.39, 0.29) is 17.7 Å². The number of thiazole rings is 1. The predicted molar refractivity (Wildman–Crippen MR) is 125 cm³/mol. The van der Waals surface area contributed by atoms with E-state index in [1.807, 2.05) is 30.0 Å². The number of hydrogen-bond donors (Lipinski definition) is 0. The average molecular weight is 434 g/mol. The van der Waals surface area contributed by atoms with Crippen molar-refractivity contribution in [3.8, 4) is 0 Å². The fourth-order valence-corrected chi connectivity index (χ4v) is 5.94. The normalized spacial score (nSPS) is 20.1. The van der Waals surface area contributed by atoms with Gasteiger partial charge in [0, 0.05) is 37.7 Å². The van der Waals surface area contributed by atoms with Crippen molar-refractivity contribution in [3.63, 3.8) is 0 Å². The lowest BCUT2D eigenvalue weighted by molar-refractivity contribution is -0.136. The maximum Gasteiger partial charge on any atom is 0.228 e. The third kappa shape index (κ3) is 3.74. The second-order valence-corrected chi connectivity index (χ2v) is 9.81. The Hall–Kier alpha value is -2.73. The number of likely N-dealkylation sites (tertiary alicyclic amines) is 1. The molecule has 2 aliphatic heterocycles. The van der Waals surface area contributed by atoms with E-state index in [2.05, 4.69) is 31.2 Å². The van der Waals surface area contributed by atoms with Crippen LogP contribution in [0.5, 0.6) is 0 Å². The molecule has 5 nitrogen and oxygen atoms in total. The van der Waals surface area contributed by atoms with Crippen molar-refractivity contribution in [2.45, 2.75) is 39.0 Å². The van der Waals surface area contributed by atoms with Crippen molar-refractivity contribution in [2.75, 3.05) is 24.5 Å². The van der Waals surface area contributed by atoms with Gasteiger partial charge in [-0.25, -0.2) is 4.98 Å². The number of amides is 2. The number of carbonyl (C=O) groups excluding carboxylic acids is 2. The van der Waals surface area contributed by atoms with Crippen LogP contribution in [0.2, 0.25) is 0 Å². The van der Waals surface area contributed by atoms with Crippen molar-refractivity contribution in [1.29, 1.82) is 0 Å². The number of benzene rings is 2. The molecule has 1 aromatic heterocycles. The van der Waals surface area contributed by atoms with Crippen molar-refractivity contribution in [3.05, 3.63) is 58.6 Å². The molecule has 0 radical (unpaired) electrons. The number of aromatic nitrogens is 1. The van der Waals surface area contributed by atoms with Crippen LogP contribution < -0.4 is 4.90 Å². The van der Waals surface area contributed by atoms with E-state index in [4.69, 9.17) is 4.98 Å². The van der Waals surface area contributed by atoms with Crippen LogP contribution in [0, 0.1) is 19.8 Å². The molecule has 3 aromatic rings. The number of nitrogens with zero attached hydrogens (tertiary/aromatic N) is 3. The largest absolute Gasteiger partial charge is 0.342 e. The Kier molecular flexibility index (Phi) is 5.26. The fraction of sp³-hybridized carbons (Fsp3) is 0.400. The monoisotopic (exact) mass is 433 g/mol. The molecule has 6 heteroatoms. The molecule has 2 aliphatic rings. The molecular weight excluding hydrogens is 406 g/mol. The Labute approximate surface area is 186 Å². The van der Waals surface area contributed by atoms with E-state index in [0.29, 0.717) is 18.9 Å². The first-order valence-corrected chi connectivity index (χ1v) is 11.8. The van der Waals surface area contributed by atoms with Crippen molar-refractivity contribution in [2.24, 2.45) is 5.92 Å². The lowest BCUT2D eigenvalue weighted by atomic mass is 9.96. The van der Waals surface area contributed by atoms with Gasteiger partial charge in [0.15, 0.2) is 0 Å². The summed E-state index contributed by atoms with van der Waals surface area (Å²) < 4.78 is 1.23. The van der Waals surface area contributed by atoms with Crippen LogP contribution in [0.3, 0.4) is 0 Å². The Balaban J connectivity index is 1.23. The van der Waals surface area contributed by atoms with Gasteiger partial charge >= 0.3 is 0 Å². The van der Waals surface area contributed by atoms with Crippen molar-refractivity contribution < 1.29 is 9.59 Å². The molecule has 160 valence electrons. The van der Waals surface area contributed by atoms with E-state index in [9.17, 15) is 9.59 Å². The van der Waals surface area contributed by atoms with Gasteiger partial charge in [-0.15, -0.1) is 11.3 Å². The van der Waals surface area contributed by atoms with Gasteiger partial charge in [-0.2, -0.15) is 0 Å². The highest BCUT2D eigenvalue weighted by Gasteiger charge is 2.38. The second-order valence-electron chi connectivity index (χ2n) is 8.74. The zero-order valence-electron chi connectivity index (χ0n) is 18.0. The Morgan fingerprint density at radius 3 is 2.61 bits per heavy atom. The summed E-state index contributed by atoms with van der Waals surface area (Å²) in [4.78, 5) is 34.5. The van der Waals surface area contributed by atoms with Gasteiger partial charge < -0.3 is 9.80 Å². The molecule has 0 spiro atoms. The highest BCUT2D eigenvalue weighted by molar-refractivity contribution is 7.18. The summed E-state index contributed by atoms with van der Waals surface area (Å²) in [6.07, 6.45) is 2.18. The van der Waals surface area contributed by atoms with Crippen molar-refractivity contribution in [1.82, 2.24) is 9.88 Å². The van der Waals surface area contributed by atoms with Crippen LogP contribution >= 0.6 is 11.3 Å². The number of rotatable bonds is 3. The molecule has 2 amide bonds. The third-order valence-electron chi connectivity index (χ3n) is 6.81. The summed E-state index contributed by atoms with van der Waals surface area (Å²) in [5.74, 6) is 0.352. The summed E-state index contributed by atoms with van der Waals surface area (Å²) in [6.45, 7) is 6.07. The summed E-state index contributed by atoms with van der Waals surface area (Å²) in [5.41, 5.74) is 4.28. The molecule has 3 heterocycles. The average Bonchev–Trinajstić information content (AvgIpc) is 3.39. The Morgan fingerprint density at radius 2 is 1.84 bits per heavy atom. The fourth-order valence-electron chi connectivity index (χ4n) is 4.80. The minimum Gasteiger partial charge on any atom is -0.342 e. The van der Waals surface area contributed by atoms with E-state index in [0.717, 1.165) is 48.3 Å².